The van der Waals surface area contributed by atoms with Crippen LogP contribution in [0.3, 0.4) is 0 Å². The molecule has 0 aromatic carbocycles. The maximum Gasteiger partial charge on any atom is 0.177 e. The van der Waals surface area contributed by atoms with Crippen LogP contribution in [0.5, 0.6) is 0 Å². The van der Waals surface area contributed by atoms with Crippen molar-refractivity contribution in [3.8, 4) is 0 Å². The Kier molecular flexibility index (Phi) is 4.61. The predicted molar refractivity (Wildman–Crippen MR) is 50.6 cm³/mol. The van der Waals surface area contributed by atoms with E-state index in [-0.39, 0.29) is 0 Å². The Balaban J connectivity index is 4.32. The van der Waals surface area contributed by atoms with Gasteiger partial charge in [-0.2, -0.15) is 0 Å². The van der Waals surface area contributed by atoms with E-state index in [1.54, 1.807) is 12.2 Å². The Morgan fingerprint density at radius 2 is 1.58 bits per heavy atom. The summed E-state index contributed by atoms with van der Waals surface area (Å²) in [4.78, 5) is 0. The Labute approximate surface area is 73.5 Å². The molecular weight excluding hydrogens is 152 g/mol. The average Bonchev–Trinajstić information content (AvgIpc) is 2.13. The molecule has 12 heavy (non-hydrogen) atoms. The minimum atomic E-state index is -0.698. The first-order chi connectivity index (χ1) is 5.74. The van der Waals surface area contributed by atoms with Crippen LogP contribution in [-0.2, 0) is 9.47 Å². The Bertz CT molecular complexity index is 174. The fraction of sp³-hybridized carbons (Fsp3) is 0.200. The molecule has 0 aliphatic rings. The molecule has 0 spiro atoms. The lowest BCUT2D eigenvalue weighted by Crippen LogP contribution is -2.30. The fourth-order valence-electron chi connectivity index (χ4n) is 0.676. The van der Waals surface area contributed by atoms with Gasteiger partial charge in [-0.25, -0.2) is 0 Å². The van der Waals surface area contributed by atoms with Gasteiger partial charge in [-0.3, -0.25) is 0 Å². The maximum absolute atomic E-state index is 5.18. The van der Waals surface area contributed by atoms with Gasteiger partial charge in [-0.05, 0) is 12.2 Å². The molecule has 0 aromatic heterocycles. The van der Waals surface area contributed by atoms with Gasteiger partial charge in [0.2, 0.25) is 0 Å². The lowest BCUT2D eigenvalue weighted by molar-refractivity contribution is 0.0445. The molecular formula is C10H14O2. The molecule has 0 radical (unpaired) electrons. The highest BCUT2D eigenvalue weighted by Gasteiger charge is 2.23. The van der Waals surface area contributed by atoms with Gasteiger partial charge in [0.05, 0.1) is 12.5 Å². The Morgan fingerprint density at radius 3 is 1.92 bits per heavy atom. The monoisotopic (exact) mass is 166 g/mol. The van der Waals surface area contributed by atoms with Crippen molar-refractivity contribution in [3.05, 3.63) is 51.0 Å². The van der Waals surface area contributed by atoms with Crippen LogP contribution in [0.1, 0.15) is 0 Å². The number of ether oxygens (including phenoxy) is 2. The van der Waals surface area contributed by atoms with E-state index in [1.165, 1.54) is 12.5 Å². The second-order valence-electron chi connectivity index (χ2n) is 2.13. The third kappa shape index (κ3) is 2.66. The van der Waals surface area contributed by atoms with Crippen LogP contribution in [0.4, 0.5) is 0 Å². The van der Waals surface area contributed by atoms with Gasteiger partial charge >= 0.3 is 0 Å². The molecule has 2 nitrogen and oxygen atoms in total. The second-order valence-corrected chi connectivity index (χ2v) is 2.13. The van der Waals surface area contributed by atoms with Crippen LogP contribution in [0.25, 0.3) is 0 Å². The van der Waals surface area contributed by atoms with E-state index < -0.39 is 5.60 Å². The first-order valence-corrected chi connectivity index (χ1v) is 3.53. The van der Waals surface area contributed by atoms with Crippen molar-refractivity contribution in [2.24, 2.45) is 0 Å². The van der Waals surface area contributed by atoms with Gasteiger partial charge < -0.3 is 9.47 Å². The number of hydrogen-bond acceptors (Lipinski definition) is 2. The fourth-order valence-corrected chi connectivity index (χ4v) is 0.676. The molecule has 0 fully saturated rings. The molecule has 0 aliphatic carbocycles. The zero-order valence-electron chi connectivity index (χ0n) is 7.16. The van der Waals surface area contributed by atoms with Gasteiger partial charge in [-0.15, -0.1) is 0 Å². The number of hydrogen-bond donors (Lipinski definition) is 0. The minimum Gasteiger partial charge on any atom is -0.497 e. The summed E-state index contributed by atoms with van der Waals surface area (Å²) >= 11 is 0. The normalized spacial score (nSPS) is 9.67. The molecule has 0 aromatic rings. The third-order valence-electron chi connectivity index (χ3n) is 1.42. The predicted octanol–water partition coefficient (Wildman–Crippen LogP) is 2.42. The average molecular weight is 166 g/mol. The van der Waals surface area contributed by atoms with Gasteiger partial charge in [0.25, 0.3) is 0 Å². The van der Waals surface area contributed by atoms with Crippen molar-refractivity contribution in [1.29, 1.82) is 0 Å². The highest BCUT2D eigenvalue weighted by Crippen LogP contribution is 2.15. The van der Waals surface area contributed by atoms with Gasteiger partial charge in [0.1, 0.15) is 6.61 Å². The molecule has 0 N–H and O–H groups in total. The Morgan fingerprint density at radius 1 is 1.00 bits per heavy atom. The second kappa shape index (κ2) is 5.24. The van der Waals surface area contributed by atoms with Gasteiger partial charge in [-0.1, -0.05) is 26.3 Å². The van der Waals surface area contributed by atoms with Crippen LogP contribution in [0, 0.1) is 0 Å². The zero-order valence-corrected chi connectivity index (χ0v) is 7.16. The van der Waals surface area contributed by atoms with E-state index in [2.05, 4.69) is 26.3 Å². The summed E-state index contributed by atoms with van der Waals surface area (Å²) in [5.74, 6) is 0. The third-order valence-corrected chi connectivity index (χ3v) is 1.42. The molecule has 0 heterocycles. The first kappa shape index (κ1) is 10.6. The van der Waals surface area contributed by atoms with Gasteiger partial charge in [0.15, 0.2) is 5.60 Å². The van der Waals surface area contributed by atoms with E-state index in [9.17, 15) is 0 Å². The van der Waals surface area contributed by atoms with Crippen molar-refractivity contribution >= 4 is 0 Å². The molecule has 0 atom stereocenters. The molecule has 0 unspecified atom stereocenters. The molecule has 0 bridgehead atoms. The molecule has 0 aliphatic heterocycles. The lowest BCUT2D eigenvalue weighted by atomic mass is 10.1. The highest BCUT2D eigenvalue weighted by molar-refractivity contribution is 5.11. The summed E-state index contributed by atoms with van der Waals surface area (Å²) < 4.78 is 10.2. The van der Waals surface area contributed by atoms with Crippen LogP contribution >= 0.6 is 0 Å². The summed E-state index contributed by atoms with van der Waals surface area (Å²) in [6.45, 7) is 14.4. The lowest BCUT2D eigenvalue weighted by Gasteiger charge is -2.24. The van der Waals surface area contributed by atoms with E-state index in [0.29, 0.717) is 6.61 Å². The largest absolute Gasteiger partial charge is 0.497 e. The van der Waals surface area contributed by atoms with Crippen molar-refractivity contribution < 1.29 is 9.47 Å². The van der Waals surface area contributed by atoms with Crippen molar-refractivity contribution in [2.75, 3.05) is 6.61 Å². The van der Waals surface area contributed by atoms with Crippen LogP contribution in [-0.4, -0.2) is 12.2 Å². The standard InChI is InChI=1S/C10H14O2/c1-5-10(6-2,12-8-4)9-11-7-3/h5-8H,1-4,9H2. The highest BCUT2D eigenvalue weighted by atomic mass is 16.5. The Hall–Kier alpha value is -1.44. The van der Waals surface area contributed by atoms with Crippen LogP contribution in [0.15, 0.2) is 51.0 Å². The molecule has 0 rings (SSSR count). The zero-order chi connectivity index (χ0) is 9.45. The SMILES string of the molecule is C=COCC(C=C)(C=C)OC=C. The summed E-state index contributed by atoms with van der Waals surface area (Å²) in [7, 11) is 0. The van der Waals surface area contributed by atoms with E-state index >= 15 is 0 Å². The topological polar surface area (TPSA) is 18.5 Å². The first-order valence-electron chi connectivity index (χ1n) is 3.53. The summed E-state index contributed by atoms with van der Waals surface area (Å²) in [5, 5.41) is 0. The molecule has 0 saturated carbocycles. The molecule has 2 heteroatoms. The van der Waals surface area contributed by atoms with Crippen molar-refractivity contribution in [1.82, 2.24) is 0 Å². The van der Waals surface area contributed by atoms with Crippen LogP contribution < -0.4 is 0 Å². The van der Waals surface area contributed by atoms with Crippen molar-refractivity contribution in [2.45, 2.75) is 5.60 Å². The maximum atomic E-state index is 5.18. The molecule has 0 amide bonds. The quantitative estimate of drug-likeness (QED) is 0.427. The van der Waals surface area contributed by atoms with E-state index in [4.69, 9.17) is 9.47 Å². The van der Waals surface area contributed by atoms with Crippen molar-refractivity contribution in [3.63, 3.8) is 0 Å². The summed E-state index contributed by atoms with van der Waals surface area (Å²) in [5.41, 5.74) is -0.698. The molecule has 0 saturated heterocycles. The summed E-state index contributed by atoms with van der Waals surface area (Å²) in [6.07, 6.45) is 5.88. The van der Waals surface area contributed by atoms with Gasteiger partial charge in [0, 0.05) is 0 Å². The van der Waals surface area contributed by atoms with E-state index in [1.807, 2.05) is 0 Å². The van der Waals surface area contributed by atoms with E-state index in [0.717, 1.165) is 0 Å². The summed E-state index contributed by atoms with van der Waals surface area (Å²) in [6, 6.07) is 0. The molecule has 66 valence electrons. The van der Waals surface area contributed by atoms with Crippen LogP contribution in [0.2, 0.25) is 0 Å². The smallest absolute Gasteiger partial charge is 0.177 e. The minimum absolute atomic E-state index is 0.301. The number of rotatable bonds is 7.